The van der Waals surface area contributed by atoms with Gasteiger partial charge in [-0.25, -0.2) is 13.2 Å². The average Bonchev–Trinajstić information content (AvgIpc) is 2.24. The fraction of sp³-hybridized carbons (Fsp3) is 0.444. The molecule has 0 aliphatic rings. The zero-order valence-corrected chi connectivity index (χ0v) is 10.9. The molecular formula is C9H13N3O6S. The molecule has 4 N–H and O–H groups in total. The molecule has 0 amide bonds. The number of rotatable bonds is 5. The van der Waals surface area contributed by atoms with Crippen molar-refractivity contribution < 1.29 is 18.3 Å². The van der Waals surface area contributed by atoms with Crippen LogP contribution in [0, 0.1) is 5.92 Å². The van der Waals surface area contributed by atoms with E-state index in [-0.39, 0.29) is 0 Å². The highest BCUT2D eigenvalue weighted by molar-refractivity contribution is 7.89. The van der Waals surface area contributed by atoms with E-state index in [1.807, 2.05) is 9.71 Å². The number of hydrogen-bond acceptors (Lipinski definition) is 5. The molecule has 19 heavy (non-hydrogen) atoms. The molecule has 1 aromatic heterocycles. The maximum atomic E-state index is 11.9. The molecule has 1 atom stereocenters. The lowest BCUT2D eigenvalue weighted by atomic mass is 10.1. The topological polar surface area (TPSA) is 149 Å². The molecule has 0 aliphatic carbocycles. The third-order valence-electron chi connectivity index (χ3n) is 2.29. The highest BCUT2D eigenvalue weighted by atomic mass is 32.2. The van der Waals surface area contributed by atoms with Crippen molar-refractivity contribution in [1.82, 2.24) is 14.7 Å². The van der Waals surface area contributed by atoms with E-state index >= 15 is 0 Å². The number of carboxylic acid groups (broad SMARTS) is 1. The summed E-state index contributed by atoms with van der Waals surface area (Å²) in [5.41, 5.74) is -1.98. The van der Waals surface area contributed by atoms with Crippen LogP contribution in [0.3, 0.4) is 0 Å². The molecule has 0 aliphatic heterocycles. The van der Waals surface area contributed by atoms with E-state index < -0.39 is 44.1 Å². The van der Waals surface area contributed by atoms with Crippen LogP contribution in [-0.2, 0) is 14.8 Å². The van der Waals surface area contributed by atoms with Gasteiger partial charge >= 0.3 is 11.7 Å². The lowest BCUT2D eigenvalue weighted by Gasteiger charge is -2.17. The molecule has 0 fully saturated rings. The predicted octanol–water partition coefficient (Wildman–Crippen LogP) is -1.55. The molecule has 1 aromatic rings. The third-order valence-corrected chi connectivity index (χ3v) is 3.74. The average molecular weight is 291 g/mol. The number of H-pyrrole nitrogens is 2. The largest absolute Gasteiger partial charge is 0.480 e. The van der Waals surface area contributed by atoms with Crippen LogP contribution in [0.5, 0.6) is 0 Å². The molecule has 0 bridgehead atoms. The standard InChI is InChI=1S/C9H13N3O6S/c1-4(2)6(8(14)15)12-19(17,18)5-3-10-9(16)11-7(5)13/h3-4,6,12H,1-2H3,(H,14,15)(H2,10,11,13,16)/t6-/m1/s1. The summed E-state index contributed by atoms with van der Waals surface area (Å²) in [5, 5.41) is 8.90. The number of aliphatic carboxylic acids is 1. The fourth-order valence-corrected chi connectivity index (χ4v) is 2.64. The van der Waals surface area contributed by atoms with Gasteiger partial charge in [-0.1, -0.05) is 13.8 Å². The first-order valence-electron chi connectivity index (χ1n) is 5.22. The summed E-state index contributed by atoms with van der Waals surface area (Å²) in [6.45, 7) is 3.02. The highest BCUT2D eigenvalue weighted by Gasteiger charge is 2.29. The zero-order chi connectivity index (χ0) is 14.8. The van der Waals surface area contributed by atoms with Crippen molar-refractivity contribution >= 4 is 16.0 Å². The van der Waals surface area contributed by atoms with Gasteiger partial charge in [0.15, 0.2) is 4.90 Å². The normalized spacial score (nSPS) is 13.4. The van der Waals surface area contributed by atoms with E-state index in [0.29, 0.717) is 6.20 Å². The number of carboxylic acids is 1. The van der Waals surface area contributed by atoms with Crippen molar-refractivity contribution in [2.45, 2.75) is 24.8 Å². The number of carbonyl (C=O) groups is 1. The summed E-state index contributed by atoms with van der Waals surface area (Å²) in [7, 11) is -4.34. The molecule has 9 nitrogen and oxygen atoms in total. The highest BCUT2D eigenvalue weighted by Crippen LogP contribution is 2.07. The van der Waals surface area contributed by atoms with Gasteiger partial charge in [0.05, 0.1) is 0 Å². The summed E-state index contributed by atoms with van der Waals surface area (Å²) < 4.78 is 25.6. The molecule has 0 saturated heterocycles. The quantitative estimate of drug-likeness (QED) is 0.516. The minimum absolute atomic E-state index is 0.519. The first kappa shape index (κ1) is 15.1. The van der Waals surface area contributed by atoms with Gasteiger partial charge in [0.1, 0.15) is 6.04 Å². The Balaban J connectivity index is 3.21. The Bertz CT molecular complexity index is 686. The molecule has 1 rings (SSSR count). The lowest BCUT2D eigenvalue weighted by Crippen LogP contribution is -2.45. The lowest BCUT2D eigenvalue weighted by molar-refractivity contribution is -0.140. The van der Waals surface area contributed by atoms with Gasteiger partial charge in [-0.15, -0.1) is 0 Å². The second-order valence-corrected chi connectivity index (χ2v) is 5.80. The van der Waals surface area contributed by atoms with Crippen molar-refractivity contribution in [3.63, 3.8) is 0 Å². The SMILES string of the molecule is CC(C)[C@@H](NS(=O)(=O)c1c[nH]c(=O)[nH]c1=O)C(=O)O. The predicted molar refractivity (Wildman–Crippen MR) is 64.3 cm³/mol. The van der Waals surface area contributed by atoms with E-state index in [1.54, 1.807) is 4.98 Å². The first-order chi connectivity index (χ1) is 8.65. The summed E-state index contributed by atoms with van der Waals surface area (Å²) >= 11 is 0. The Morgan fingerprint density at radius 1 is 1.37 bits per heavy atom. The monoisotopic (exact) mass is 291 g/mol. The number of aromatic nitrogens is 2. The van der Waals surface area contributed by atoms with Crippen LogP contribution in [0.2, 0.25) is 0 Å². The first-order valence-corrected chi connectivity index (χ1v) is 6.70. The van der Waals surface area contributed by atoms with Crippen LogP contribution in [-0.4, -0.2) is 35.5 Å². The van der Waals surface area contributed by atoms with E-state index in [1.165, 1.54) is 13.8 Å². The van der Waals surface area contributed by atoms with Crippen LogP contribution in [0.4, 0.5) is 0 Å². The van der Waals surface area contributed by atoms with Crippen molar-refractivity contribution in [3.05, 3.63) is 27.0 Å². The van der Waals surface area contributed by atoms with Crippen LogP contribution in [0.25, 0.3) is 0 Å². The molecule has 106 valence electrons. The Morgan fingerprint density at radius 3 is 2.37 bits per heavy atom. The third kappa shape index (κ3) is 3.51. The van der Waals surface area contributed by atoms with Gasteiger partial charge in [0, 0.05) is 6.20 Å². The van der Waals surface area contributed by atoms with Crippen molar-refractivity contribution in [3.8, 4) is 0 Å². The number of hydrogen-bond donors (Lipinski definition) is 4. The molecule has 0 aromatic carbocycles. The molecule has 0 radical (unpaired) electrons. The summed E-state index contributed by atoms with van der Waals surface area (Å²) in [6.07, 6.45) is 0.711. The maximum absolute atomic E-state index is 11.9. The second kappa shape index (κ2) is 5.36. The number of aromatic amines is 2. The van der Waals surface area contributed by atoms with Gasteiger partial charge in [-0.3, -0.25) is 14.6 Å². The number of nitrogens with one attached hydrogen (secondary N) is 3. The minimum atomic E-state index is -4.34. The Morgan fingerprint density at radius 2 is 1.95 bits per heavy atom. The molecule has 1 heterocycles. The molecule has 0 unspecified atom stereocenters. The summed E-state index contributed by atoms with van der Waals surface area (Å²) in [5.74, 6) is -1.88. The van der Waals surface area contributed by atoms with E-state index in [4.69, 9.17) is 5.11 Å². The van der Waals surface area contributed by atoms with Gasteiger partial charge in [0.25, 0.3) is 5.56 Å². The fourth-order valence-electron chi connectivity index (χ4n) is 1.30. The molecule has 10 heteroatoms. The molecular weight excluding hydrogens is 278 g/mol. The van der Waals surface area contributed by atoms with Gasteiger partial charge < -0.3 is 10.1 Å². The Labute approximate surface area is 107 Å². The Kier molecular flexibility index (Phi) is 4.27. The van der Waals surface area contributed by atoms with E-state index in [2.05, 4.69) is 0 Å². The number of sulfonamides is 1. The van der Waals surface area contributed by atoms with E-state index in [9.17, 15) is 22.8 Å². The van der Waals surface area contributed by atoms with Crippen LogP contribution >= 0.6 is 0 Å². The zero-order valence-electron chi connectivity index (χ0n) is 10.1. The minimum Gasteiger partial charge on any atom is -0.480 e. The van der Waals surface area contributed by atoms with E-state index in [0.717, 1.165) is 0 Å². The van der Waals surface area contributed by atoms with Crippen LogP contribution < -0.4 is 16.0 Å². The molecule has 0 saturated carbocycles. The summed E-state index contributed by atoms with van der Waals surface area (Å²) in [4.78, 5) is 36.1. The van der Waals surface area contributed by atoms with Crippen molar-refractivity contribution in [1.29, 1.82) is 0 Å². The smallest absolute Gasteiger partial charge is 0.325 e. The van der Waals surface area contributed by atoms with Crippen LogP contribution in [0.15, 0.2) is 20.7 Å². The Hall–Kier alpha value is -1.94. The second-order valence-electron chi connectivity index (χ2n) is 4.12. The van der Waals surface area contributed by atoms with Gasteiger partial charge in [-0.2, -0.15) is 4.72 Å². The molecule has 0 spiro atoms. The van der Waals surface area contributed by atoms with Gasteiger partial charge in [0.2, 0.25) is 10.0 Å². The maximum Gasteiger partial charge on any atom is 0.325 e. The van der Waals surface area contributed by atoms with Crippen LogP contribution in [0.1, 0.15) is 13.8 Å². The van der Waals surface area contributed by atoms with Crippen molar-refractivity contribution in [2.75, 3.05) is 0 Å². The summed E-state index contributed by atoms with van der Waals surface area (Å²) in [6, 6.07) is -1.38. The van der Waals surface area contributed by atoms with Gasteiger partial charge in [-0.05, 0) is 5.92 Å². The van der Waals surface area contributed by atoms with Crippen molar-refractivity contribution in [2.24, 2.45) is 5.92 Å².